The molecule has 0 radical (unpaired) electrons. The Kier molecular flexibility index (Phi) is 2.46. The van der Waals surface area contributed by atoms with E-state index in [4.69, 9.17) is 0 Å². The van der Waals surface area contributed by atoms with Gasteiger partial charge >= 0.3 is 0 Å². The van der Waals surface area contributed by atoms with Crippen LogP contribution in [0.4, 0.5) is 8.78 Å². The molecule has 2 heterocycles. The zero-order chi connectivity index (χ0) is 10.0. The average Bonchev–Trinajstić information content (AvgIpc) is 2.47. The Morgan fingerprint density at radius 3 is 2.93 bits per heavy atom. The van der Waals surface area contributed by atoms with Gasteiger partial charge in [0.1, 0.15) is 0 Å². The third kappa shape index (κ3) is 2.26. The summed E-state index contributed by atoms with van der Waals surface area (Å²) in [7, 11) is 0. The van der Waals surface area contributed by atoms with Gasteiger partial charge in [-0.15, -0.1) is 0 Å². The van der Waals surface area contributed by atoms with Crippen molar-refractivity contribution in [2.24, 2.45) is 0 Å². The molecule has 1 fully saturated rings. The molecule has 76 valence electrons. The molecule has 0 spiro atoms. The van der Waals surface area contributed by atoms with Gasteiger partial charge < -0.3 is 0 Å². The number of likely N-dealkylation sites (tertiary alicyclic amines) is 1. The lowest BCUT2D eigenvalue weighted by molar-refractivity contribution is 0.0115. The van der Waals surface area contributed by atoms with Crippen LogP contribution >= 0.6 is 0 Å². The van der Waals surface area contributed by atoms with Crippen molar-refractivity contribution < 1.29 is 8.78 Å². The molecule has 0 saturated carbocycles. The molecule has 4 heteroatoms. The highest BCUT2D eigenvalue weighted by molar-refractivity contribution is 5.08. The Morgan fingerprint density at radius 1 is 1.50 bits per heavy atom. The molecule has 0 amide bonds. The molecule has 0 atom stereocenters. The first kappa shape index (κ1) is 9.52. The fourth-order valence-corrected chi connectivity index (χ4v) is 1.69. The van der Waals surface area contributed by atoms with Crippen molar-refractivity contribution in [1.82, 2.24) is 9.88 Å². The van der Waals surface area contributed by atoms with Crippen LogP contribution in [0, 0.1) is 0 Å². The largest absolute Gasteiger partial charge is 0.293 e. The topological polar surface area (TPSA) is 16.1 Å². The van der Waals surface area contributed by atoms with Crippen LogP contribution in [0.3, 0.4) is 0 Å². The van der Waals surface area contributed by atoms with Gasteiger partial charge in [-0.1, -0.05) is 6.07 Å². The van der Waals surface area contributed by atoms with Crippen LogP contribution < -0.4 is 0 Å². The molecule has 0 aromatic carbocycles. The second-order valence-corrected chi connectivity index (χ2v) is 3.68. The Bertz CT molecular complexity index is 300. The van der Waals surface area contributed by atoms with E-state index >= 15 is 0 Å². The number of hydrogen-bond acceptors (Lipinski definition) is 2. The Balaban J connectivity index is 1.94. The van der Waals surface area contributed by atoms with E-state index in [1.54, 1.807) is 17.3 Å². The van der Waals surface area contributed by atoms with Crippen molar-refractivity contribution in [2.45, 2.75) is 18.9 Å². The molecule has 0 aliphatic carbocycles. The van der Waals surface area contributed by atoms with Crippen LogP contribution in [0.1, 0.15) is 12.0 Å². The number of nitrogens with zero attached hydrogens (tertiary/aromatic N) is 2. The first-order valence-electron chi connectivity index (χ1n) is 4.65. The molecule has 1 aliphatic rings. The van der Waals surface area contributed by atoms with Crippen molar-refractivity contribution in [3.05, 3.63) is 30.1 Å². The predicted octanol–water partition coefficient (Wildman–Crippen LogP) is 1.92. The van der Waals surface area contributed by atoms with Crippen LogP contribution in [-0.2, 0) is 6.54 Å². The zero-order valence-corrected chi connectivity index (χ0v) is 7.79. The summed E-state index contributed by atoms with van der Waals surface area (Å²) in [5.74, 6) is -2.50. The standard InChI is InChI=1S/C10H12F2N2/c11-10(12)3-5-14(8-10)7-9-2-1-4-13-6-9/h1-2,4,6H,3,5,7-8H2. The van der Waals surface area contributed by atoms with Crippen LogP contribution in [0.5, 0.6) is 0 Å². The molecule has 1 saturated heterocycles. The minimum absolute atomic E-state index is 0.0206. The molecule has 1 aliphatic heterocycles. The van der Waals surface area contributed by atoms with Gasteiger partial charge in [-0.05, 0) is 11.6 Å². The van der Waals surface area contributed by atoms with E-state index in [1.165, 1.54) is 0 Å². The van der Waals surface area contributed by atoms with Crippen LogP contribution in [0.2, 0.25) is 0 Å². The highest BCUT2D eigenvalue weighted by Crippen LogP contribution is 2.27. The van der Waals surface area contributed by atoms with Crippen LogP contribution in [0.25, 0.3) is 0 Å². The highest BCUT2D eigenvalue weighted by Gasteiger charge is 2.37. The molecule has 2 rings (SSSR count). The lowest BCUT2D eigenvalue weighted by atomic mass is 10.3. The molecule has 14 heavy (non-hydrogen) atoms. The number of pyridine rings is 1. The predicted molar refractivity (Wildman–Crippen MR) is 49.1 cm³/mol. The van der Waals surface area contributed by atoms with E-state index in [9.17, 15) is 8.78 Å². The minimum Gasteiger partial charge on any atom is -0.293 e. The van der Waals surface area contributed by atoms with E-state index in [2.05, 4.69) is 4.98 Å². The molecule has 2 nitrogen and oxygen atoms in total. The van der Waals surface area contributed by atoms with Gasteiger partial charge in [-0.2, -0.15) is 0 Å². The third-order valence-electron chi connectivity index (χ3n) is 2.38. The SMILES string of the molecule is FC1(F)CCN(Cc2cccnc2)C1. The maximum absolute atomic E-state index is 12.8. The van der Waals surface area contributed by atoms with Gasteiger partial charge in [0.25, 0.3) is 5.92 Å². The Hall–Kier alpha value is -1.03. The first-order chi connectivity index (χ1) is 6.66. The average molecular weight is 198 g/mol. The van der Waals surface area contributed by atoms with Gasteiger partial charge in [0.05, 0.1) is 6.54 Å². The van der Waals surface area contributed by atoms with Crippen molar-refractivity contribution in [3.63, 3.8) is 0 Å². The summed E-state index contributed by atoms with van der Waals surface area (Å²) in [5, 5.41) is 0. The van der Waals surface area contributed by atoms with E-state index < -0.39 is 5.92 Å². The van der Waals surface area contributed by atoms with Gasteiger partial charge in [-0.25, -0.2) is 8.78 Å². The normalized spacial score (nSPS) is 21.3. The minimum atomic E-state index is -2.50. The number of halogens is 2. The summed E-state index contributed by atoms with van der Waals surface area (Å²) >= 11 is 0. The second kappa shape index (κ2) is 3.61. The number of hydrogen-bond donors (Lipinski definition) is 0. The highest BCUT2D eigenvalue weighted by atomic mass is 19.3. The summed E-state index contributed by atoms with van der Waals surface area (Å²) in [5.41, 5.74) is 0.991. The summed E-state index contributed by atoms with van der Waals surface area (Å²) in [6.07, 6.45) is 3.38. The van der Waals surface area contributed by atoms with E-state index in [-0.39, 0.29) is 13.0 Å². The quantitative estimate of drug-likeness (QED) is 0.721. The molecular weight excluding hydrogens is 186 g/mol. The Morgan fingerprint density at radius 2 is 2.36 bits per heavy atom. The second-order valence-electron chi connectivity index (χ2n) is 3.68. The molecular formula is C10H12F2N2. The summed E-state index contributed by atoms with van der Waals surface area (Å²) in [6.45, 7) is 0.924. The van der Waals surface area contributed by atoms with Gasteiger partial charge in [-0.3, -0.25) is 9.88 Å². The summed E-state index contributed by atoms with van der Waals surface area (Å²) in [4.78, 5) is 5.71. The number of alkyl halides is 2. The maximum Gasteiger partial charge on any atom is 0.261 e. The number of rotatable bonds is 2. The molecule has 0 N–H and O–H groups in total. The fraction of sp³-hybridized carbons (Fsp3) is 0.500. The van der Waals surface area contributed by atoms with E-state index in [1.807, 2.05) is 12.1 Å². The Labute approximate surface area is 81.6 Å². The molecule has 1 aromatic heterocycles. The van der Waals surface area contributed by atoms with Gasteiger partial charge in [0.2, 0.25) is 0 Å². The van der Waals surface area contributed by atoms with E-state index in [0.717, 1.165) is 5.56 Å². The first-order valence-corrected chi connectivity index (χ1v) is 4.65. The van der Waals surface area contributed by atoms with Crippen LogP contribution in [0.15, 0.2) is 24.5 Å². The molecule has 0 bridgehead atoms. The van der Waals surface area contributed by atoms with Gasteiger partial charge in [0.15, 0.2) is 0 Å². The van der Waals surface area contributed by atoms with Crippen molar-refractivity contribution in [1.29, 1.82) is 0 Å². The molecule has 0 unspecified atom stereocenters. The van der Waals surface area contributed by atoms with E-state index in [0.29, 0.717) is 13.1 Å². The third-order valence-corrected chi connectivity index (χ3v) is 2.38. The lowest BCUT2D eigenvalue weighted by Gasteiger charge is -2.14. The maximum atomic E-state index is 12.8. The van der Waals surface area contributed by atoms with Crippen molar-refractivity contribution in [3.8, 4) is 0 Å². The van der Waals surface area contributed by atoms with Crippen LogP contribution in [-0.4, -0.2) is 28.9 Å². The number of aromatic nitrogens is 1. The summed E-state index contributed by atoms with van der Waals surface area (Å²) in [6, 6.07) is 3.73. The van der Waals surface area contributed by atoms with Gasteiger partial charge in [0, 0.05) is 31.9 Å². The van der Waals surface area contributed by atoms with Crippen molar-refractivity contribution >= 4 is 0 Å². The lowest BCUT2D eigenvalue weighted by Crippen LogP contribution is -2.24. The molecule has 1 aromatic rings. The summed E-state index contributed by atoms with van der Waals surface area (Å²) < 4.78 is 25.7. The smallest absolute Gasteiger partial charge is 0.261 e. The van der Waals surface area contributed by atoms with Crippen molar-refractivity contribution in [2.75, 3.05) is 13.1 Å². The fourth-order valence-electron chi connectivity index (χ4n) is 1.69. The zero-order valence-electron chi connectivity index (χ0n) is 7.79. The monoisotopic (exact) mass is 198 g/mol.